The van der Waals surface area contributed by atoms with E-state index in [0.29, 0.717) is 5.92 Å². The van der Waals surface area contributed by atoms with E-state index in [0.717, 1.165) is 19.3 Å². The molecule has 0 saturated carbocycles. The lowest BCUT2D eigenvalue weighted by atomic mass is 9.60. The van der Waals surface area contributed by atoms with Crippen LogP contribution in [0.25, 0.3) is 0 Å². The Kier molecular flexibility index (Phi) is 7.60. The molecule has 0 rings (SSSR count). The second-order valence-corrected chi connectivity index (χ2v) is 8.06. The lowest BCUT2D eigenvalue weighted by Gasteiger charge is -2.42. The molecule has 0 aromatic carbocycles. The summed E-state index contributed by atoms with van der Waals surface area (Å²) < 4.78 is 5.53. The van der Waals surface area contributed by atoms with Crippen molar-refractivity contribution in [3.63, 3.8) is 0 Å². The first-order valence-corrected chi connectivity index (χ1v) is 8.31. The van der Waals surface area contributed by atoms with Crippen molar-refractivity contribution >= 4 is 11.9 Å². The van der Waals surface area contributed by atoms with Gasteiger partial charge in [0.15, 0.2) is 5.41 Å². The van der Waals surface area contributed by atoms with Gasteiger partial charge >= 0.3 is 11.9 Å². The maximum absolute atomic E-state index is 12.7. The molecule has 4 nitrogen and oxygen atoms in total. The summed E-state index contributed by atoms with van der Waals surface area (Å²) in [5.41, 5.74) is -2.25. The Morgan fingerprint density at radius 1 is 1.00 bits per heavy atom. The molecule has 0 aliphatic heterocycles. The van der Waals surface area contributed by atoms with Gasteiger partial charge < -0.3 is 9.84 Å². The van der Waals surface area contributed by atoms with Crippen LogP contribution in [0.4, 0.5) is 0 Å². The molecule has 0 heterocycles. The highest BCUT2D eigenvalue weighted by Crippen LogP contribution is 2.46. The van der Waals surface area contributed by atoms with Gasteiger partial charge in [-0.25, -0.2) is 0 Å². The van der Waals surface area contributed by atoms with E-state index >= 15 is 0 Å². The molecule has 0 aliphatic rings. The summed E-state index contributed by atoms with van der Waals surface area (Å²) in [7, 11) is 0. The Bertz CT molecular complexity index is 379. The van der Waals surface area contributed by atoms with Crippen LogP contribution >= 0.6 is 0 Å². The molecule has 0 fully saturated rings. The first-order chi connectivity index (χ1) is 9.87. The van der Waals surface area contributed by atoms with E-state index in [2.05, 4.69) is 13.8 Å². The highest BCUT2D eigenvalue weighted by molar-refractivity contribution is 6.00. The van der Waals surface area contributed by atoms with Crippen LogP contribution in [0.3, 0.4) is 0 Å². The summed E-state index contributed by atoms with van der Waals surface area (Å²) in [5.74, 6) is -1.44. The van der Waals surface area contributed by atoms with Gasteiger partial charge in [0.05, 0.1) is 6.10 Å². The van der Waals surface area contributed by atoms with Crippen molar-refractivity contribution in [3.05, 3.63) is 0 Å². The molecule has 0 amide bonds. The summed E-state index contributed by atoms with van der Waals surface area (Å²) in [5, 5.41) is 9.76. The normalized spacial score (nSPS) is 16.5. The highest BCUT2D eigenvalue weighted by Gasteiger charge is 2.58. The lowest BCUT2D eigenvalue weighted by Crippen LogP contribution is -2.54. The second kappa shape index (κ2) is 7.98. The number of aliphatic carboxylic acids is 1. The van der Waals surface area contributed by atoms with Crippen molar-refractivity contribution in [2.24, 2.45) is 22.7 Å². The molecule has 2 atom stereocenters. The molecule has 0 radical (unpaired) electrons. The van der Waals surface area contributed by atoms with Gasteiger partial charge in [-0.15, -0.1) is 0 Å². The van der Waals surface area contributed by atoms with Crippen molar-refractivity contribution in [2.45, 2.75) is 80.8 Å². The van der Waals surface area contributed by atoms with E-state index in [1.807, 2.05) is 6.92 Å². The Hall–Kier alpha value is -1.06. The molecule has 22 heavy (non-hydrogen) atoms. The number of carbonyl (C=O) groups excluding carboxylic acids is 1. The zero-order valence-corrected chi connectivity index (χ0v) is 15.5. The third-order valence-electron chi connectivity index (χ3n) is 4.41. The van der Waals surface area contributed by atoms with Crippen molar-refractivity contribution < 1.29 is 19.4 Å². The highest BCUT2D eigenvalue weighted by atomic mass is 16.5. The molecule has 2 unspecified atom stereocenters. The van der Waals surface area contributed by atoms with Crippen LogP contribution in [0.5, 0.6) is 0 Å². The number of hydrogen-bond donors (Lipinski definition) is 1. The van der Waals surface area contributed by atoms with E-state index in [-0.39, 0.29) is 12.0 Å². The van der Waals surface area contributed by atoms with Crippen molar-refractivity contribution in [1.29, 1.82) is 0 Å². The summed E-state index contributed by atoms with van der Waals surface area (Å²) in [6, 6.07) is 0. The third kappa shape index (κ3) is 4.72. The van der Waals surface area contributed by atoms with Crippen LogP contribution in [0.2, 0.25) is 0 Å². The maximum atomic E-state index is 12.7. The summed E-state index contributed by atoms with van der Waals surface area (Å²) >= 11 is 0. The molecule has 0 bridgehead atoms. The van der Waals surface area contributed by atoms with Crippen LogP contribution in [-0.4, -0.2) is 23.1 Å². The van der Waals surface area contributed by atoms with Crippen molar-refractivity contribution in [1.82, 2.24) is 0 Å². The molecular formula is C18H34O4. The van der Waals surface area contributed by atoms with Crippen LogP contribution < -0.4 is 0 Å². The smallest absolute Gasteiger partial charge is 0.324 e. The predicted molar refractivity (Wildman–Crippen MR) is 88.6 cm³/mol. The monoisotopic (exact) mass is 314 g/mol. The van der Waals surface area contributed by atoms with Crippen molar-refractivity contribution in [3.8, 4) is 0 Å². The quantitative estimate of drug-likeness (QED) is 0.528. The van der Waals surface area contributed by atoms with E-state index in [4.69, 9.17) is 4.74 Å². The average molecular weight is 314 g/mol. The number of carboxylic acids is 1. The molecule has 130 valence electrons. The van der Waals surface area contributed by atoms with E-state index in [9.17, 15) is 14.7 Å². The number of rotatable bonds is 8. The fourth-order valence-corrected chi connectivity index (χ4v) is 3.21. The minimum atomic E-state index is -1.53. The first-order valence-electron chi connectivity index (χ1n) is 8.31. The standard InChI is InChI=1S/C18H34O4/c1-12(2)10-9-11-14(5)22-16(21)18(13(3)4,15(19)20)17(6,7)8/h12-14H,9-11H2,1-8H3,(H,19,20). The topological polar surface area (TPSA) is 63.6 Å². The second-order valence-electron chi connectivity index (χ2n) is 8.06. The molecule has 0 aliphatic carbocycles. The van der Waals surface area contributed by atoms with Crippen molar-refractivity contribution in [2.75, 3.05) is 0 Å². The maximum Gasteiger partial charge on any atom is 0.324 e. The molecule has 1 N–H and O–H groups in total. The van der Waals surface area contributed by atoms with Gasteiger partial charge in [0, 0.05) is 0 Å². The number of carboxylic acid groups (broad SMARTS) is 1. The van der Waals surface area contributed by atoms with Gasteiger partial charge in [0.1, 0.15) is 0 Å². The van der Waals surface area contributed by atoms with Crippen LogP contribution in [0.1, 0.15) is 74.7 Å². The summed E-state index contributed by atoms with van der Waals surface area (Å²) in [4.78, 5) is 24.6. The zero-order chi connectivity index (χ0) is 17.7. The first kappa shape index (κ1) is 20.9. The largest absolute Gasteiger partial charge is 0.480 e. The van der Waals surface area contributed by atoms with Crippen LogP contribution in [0.15, 0.2) is 0 Å². The van der Waals surface area contributed by atoms with Gasteiger partial charge in [0.25, 0.3) is 0 Å². The Labute approximate surface area is 135 Å². The molecule has 4 heteroatoms. The van der Waals surface area contributed by atoms with E-state index in [1.165, 1.54) is 0 Å². The van der Waals surface area contributed by atoms with Gasteiger partial charge in [-0.05, 0) is 37.0 Å². The predicted octanol–water partition coefficient (Wildman–Crippen LogP) is 4.52. The molecule has 0 aromatic rings. The molecule has 0 spiro atoms. The SMILES string of the molecule is CC(C)CCCC(C)OC(=O)C(C(=O)O)(C(C)C)C(C)(C)C. The van der Waals surface area contributed by atoms with Gasteiger partial charge in [-0.1, -0.05) is 54.9 Å². The lowest BCUT2D eigenvalue weighted by molar-refractivity contribution is -0.186. The third-order valence-corrected chi connectivity index (χ3v) is 4.41. The van der Waals surface area contributed by atoms with E-state index in [1.54, 1.807) is 34.6 Å². The fraction of sp³-hybridized carbons (Fsp3) is 0.889. The minimum Gasteiger partial charge on any atom is -0.480 e. The number of ether oxygens (including phenoxy) is 1. The molecular weight excluding hydrogens is 280 g/mol. The Balaban J connectivity index is 5.12. The number of hydrogen-bond acceptors (Lipinski definition) is 3. The molecule has 0 saturated heterocycles. The average Bonchev–Trinajstić information content (AvgIpc) is 2.24. The number of esters is 1. The Morgan fingerprint density at radius 2 is 1.50 bits per heavy atom. The Morgan fingerprint density at radius 3 is 1.82 bits per heavy atom. The van der Waals surface area contributed by atoms with Crippen LogP contribution in [-0.2, 0) is 14.3 Å². The summed E-state index contributed by atoms with van der Waals surface area (Å²) in [6.45, 7) is 15.0. The molecule has 0 aromatic heterocycles. The zero-order valence-electron chi connectivity index (χ0n) is 15.5. The number of carbonyl (C=O) groups is 2. The van der Waals surface area contributed by atoms with Gasteiger partial charge in [0.2, 0.25) is 0 Å². The van der Waals surface area contributed by atoms with Gasteiger partial charge in [-0.3, -0.25) is 9.59 Å². The fourth-order valence-electron chi connectivity index (χ4n) is 3.21. The summed E-state index contributed by atoms with van der Waals surface area (Å²) in [6.07, 6.45) is 2.56. The van der Waals surface area contributed by atoms with E-state index < -0.39 is 22.8 Å². The van der Waals surface area contributed by atoms with Gasteiger partial charge in [-0.2, -0.15) is 0 Å². The van der Waals surface area contributed by atoms with Crippen LogP contribution in [0, 0.1) is 22.7 Å². The minimum absolute atomic E-state index is 0.258.